The molecule has 0 spiro atoms. The number of carbonyl (C=O) groups excluding carboxylic acids is 1. The Hall–Kier alpha value is -2.77. The van der Waals surface area contributed by atoms with Gasteiger partial charge in [0, 0.05) is 6.07 Å². The van der Waals surface area contributed by atoms with Gasteiger partial charge >= 0.3 is 0 Å². The van der Waals surface area contributed by atoms with Crippen molar-refractivity contribution in [3.63, 3.8) is 0 Å². The maximum Gasteiger partial charge on any atom is 0.276 e. The van der Waals surface area contributed by atoms with Gasteiger partial charge in [-0.2, -0.15) is 0 Å². The normalized spacial score (nSPS) is 16.0. The smallest absolute Gasteiger partial charge is 0.276 e. The van der Waals surface area contributed by atoms with Crippen molar-refractivity contribution in [3.05, 3.63) is 92.9 Å². The van der Waals surface area contributed by atoms with Crippen LogP contribution >= 0.6 is 24.0 Å². The number of nitro benzene ring substituents is 1. The molecule has 3 rings (SSSR count). The van der Waals surface area contributed by atoms with Gasteiger partial charge in [-0.05, 0) is 23.8 Å². The van der Waals surface area contributed by atoms with Crippen LogP contribution in [0.25, 0.3) is 6.08 Å². The van der Waals surface area contributed by atoms with E-state index in [-0.39, 0.29) is 11.6 Å². The van der Waals surface area contributed by atoms with Crippen molar-refractivity contribution in [1.29, 1.82) is 0 Å². The van der Waals surface area contributed by atoms with Crippen LogP contribution in [-0.4, -0.2) is 20.1 Å². The second kappa shape index (κ2) is 8.07. The summed E-state index contributed by atoms with van der Waals surface area (Å²) in [5, 5.41) is 11.0. The number of allylic oxidation sites excluding steroid dienone is 2. The molecule has 7 heteroatoms. The van der Waals surface area contributed by atoms with Crippen LogP contribution in [0, 0.1) is 10.1 Å². The van der Waals surface area contributed by atoms with Crippen molar-refractivity contribution in [2.75, 3.05) is 0 Å². The molecule has 1 heterocycles. The highest BCUT2D eigenvalue weighted by molar-refractivity contribution is 8.26. The van der Waals surface area contributed by atoms with E-state index in [4.69, 9.17) is 12.2 Å². The van der Waals surface area contributed by atoms with E-state index in [1.165, 1.54) is 17.8 Å². The summed E-state index contributed by atoms with van der Waals surface area (Å²) < 4.78 is 0.504. The standard InChI is InChI=1S/C19H14N2O3S2/c22-18-17(12-6-10-15-9-4-5-11-16(15)21(23)24)26-19(25)20(18)13-14-7-2-1-3-8-14/h1-12H,13H2/b10-6-,17-12+. The highest BCUT2D eigenvalue weighted by Crippen LogP contribution is 2.32. The third-order valence-corrected chi connectivity index (χ3v) is 5.11. The molecule has 0 radical (unpaired) electrons. The number of carbonyl (C=O) groups is 1. The number of thiocarbonyl (C=S) groups is 1. The molecule has 130 valence electrons. The van der Waals surface area contributed by atoms with Crippen LogP contribution in [0.2, 0.25) is 0 Å². The zero-order chi connectivity index (χ0) is 18.5. The molecule has 2 aromatic rings. The molecule has 0 atom stereocenters. The summed E-state index contributed by atoms with van der Waals surface area (Å²) in [6, 6.07) is 16.1. The number of para-hydroxylation sites is 1. The van der Waals surface area contributed by atoms with E-state index in [1.807, 2.05) is 30.3 Å². The van der Waals surface area contributed by atoms with Crippen LogP contribution in [0.1, 0.15) is 11.1 Å². The highest BCUT2D eigenvalue weighted by Gasteiger charge is 2.31. The molecule has 0 bridgehead atoms. The third kappa shape index (κ3) is 4.07. The fraction of sp³-hybridized carbons (Fsp3) is 0.0526. The lowest BCUT2D eigenvalue weighted by Gasteiger charge is -2.14. The van der Waals surface area contributed by atoms with Gasteiger partial charge in [0.25, 0.3) is 11.6 Å². The first-order valence-corrected chi connectivity index (χ1v) is 8.98. The molecular weight excluding hydrogens is 368 g/mol. The summed E-state index contributed by atoms with van der Waals surface area (Å²) in [6.45, 7) is 0.427. The number of thioether (sulfide) groups is 1. The largest absolute Gasteiger partial charge is 0.288 e. The molecule has 0 unspecified atom stereocenters. The van der Waals surface area contributed by atoms with Gasteiger partial charge in [0.1, 0.15) is 4.32 Å². The number of hydrogen-bond donors (Lipinski definition) is 0. The molecule has 1 saturated heterocycles. The van der Waals surface area contributed by atoms with Crippen LogP contribution in [0.3, 0.4) is 0 Å². The van der Waals surface area contributed by atoms with Gasteiger partial charge in [-0.25, -0.2) is 0 Å². The summed E-state index contributed by atoms with van der Waals surface area (Å²) in [5.74, 6) is -0.156. The number of nitrogens with zero attached hydrogens (tertiary/aromatic N) is 2. The molecule has 26 heavy (non-hydrogen) atoms. The molecule has 2 aromatic carbocycles. The fourth-order valence-electron chi connectivity index (χ4n) is 2.45. The van der Waals surface area contributed by atoms with Gasteiger partial charge in [0.05, 0.1) is 21.9 Å². The molecule has 1 aliphatic heterocycles. The molecule has 0 saturated carbocycles. The SMILES string of the molecule is O=C1/C(=C\C=C/c2ccccc2[N+](=O)[O-])SC(=S)N1Cc1ccccc1. The van der Waals surface area contributed by atoms with Crippen LogP contribution in [-0.2, 0) is 11.3 Å². The Balaban J connectivity index is 1.75. The average Bonchev–Trinajstić information content (AvgIpc) is 2.90. The van der Waals surface area contributed by atoms with Crippen molar-refractivity contribution in [2.24, 2.45) is 0 Å². The zero-order valence-corrected chi connectivity index (χ0v) is 15.2. The molecule has 5 nitrogen and oxygen atoms in total. The van der Waals surface area contributed by atoms with E-state index in [0.29, 0.717) is 21.3 Å². The molecule has 1 amide bonds. The number of benzene rings is 2. The minimum atomic E-state index is -0.432. The van der Waals surface area contributed by atoms with Crippen LogP contribution in [0.4, 0.5) is 5.69 Å². The van der Waals surface area contributed by atoms with Crippen LogP contribution in [0.15, 0.2) is 71.7 Å². The predicted octanol–water partition coefficient (Wildman–Crippen LogP) is 4.55. The second-order valence-electron chi connectivity index (χ2n) is 5.45. The first-order valence-electron chi connectivity index (χ1n) is 7.75. The van der Waals surface area contributed by atoms with Crippen molar-refractivity contribution < 1.29 is 9.72 Å². The Bertz CT molecular complexity index is 923. The van der Waals surface area contributed by atoms with Crippen molar-refractivity contribution >= 4 is 46.0 Å². The van der Waals surface area contributed by atoms with E-state index in [1.54, 1.807) is 41.3 Å². The topological polar surface area (TPSA) is 63.4 Å². The number of rotatable bonds is 5. The lowest BCUT2D eigenvalue weighted by atomic mass is 10.1. The molecule has 0 N–H and O–H groups in total. The van der Waals surface area contributed by atoms with Gasteiger partial charge in [-0.1, -0.05) is 72.5 Å². The first kappa shape index (κ1) is 18.0. The van der Waals surface area contributed by atoms with E-state index in [2.05, 4.69) is 0 Å². The Morgan fingerprint density at radius 3 is 2.54 bits per heavy atom. The molecule has 0 aromatic heterocycles. The minimum absolute atomic E-state index is 0.0220. The van der Waals surface area contributed by atoms with Crippen molar-refractivity contribution in [3.8, 4) is 0 Å². The maximum atomic E-state index is 12.5. The van der Waals surface area contributed by atoms with Crippen molar-refractivity contribution in [1.82, 2.24) is 4.90 Å². The van der Waals surface area contributed by atoms with Crippen LogP contribution < -0.4 is 0 Å². The van der Waals surface area contributed by atoms with Crippen molar-refractivity contribution in [2.45, 2.75) is 6.54 Å². The van der Waals surface area contributed by atoms with Gasteiger partial charge in [0.15, 0.2) is 0 Å². The summed E-state index contributed by atoms with van der Waals surface area (Å²) in [7, 11) is 0. The minimum Gasteiger partial charge on any atom is -0.288 e. The highest BCUT2D eigenvalue weighted by atomic mass is 32.2. The van der Waals surface area contributed by atoms with E-state index >= 15 is 0 Å². The third-order valence-electron chi connectivity index (χ3n) is 3.71. The monoisotopic (exact) mass is 382 g/mol. The lowest BCUT2D eigenvalue weighted by molar-refractivity contribution is -0.385. The number of nitro groups is 1. The molecule has 1 aliphatic rings. The van der Waals surface area contributed by atoms with E-state index in [9.17, 15) is 14.9 Å². The first-order chi connectivity index (χ1) is 12.6. The van der Waals surface area contributed by atoms with Crippen LogP contribution in [0.5, 0.6) is 0 Å². The number of amides is 1. The number of hydrogen-bond acceptors (Lipinski definition) is 5. The Kier molecular flexibility index (Phi) is 5.60. The maximum absolute atomic E-state index is 12.5. The lowest BCUT2D eigenvalue weighted by Crippen LogP contribution is -2.27. The zero-order valence-electron chi connectivity index (χ0n) is 13.6. The van der Waals surface area contributed by atoms with Gasteiger partial charge < -0.3 is 0 Å². The van der Waals surface area contributed by atoms with Gasteiger partial charge in [-0.15, -0.1) is 0 Å². The molecule has 0 aliphatic carbocycles. The molecule has 1 fully saturated rings. The van der Waals surface area contributed by atoms with Gasteiger partial charge in [0.2, 0.25) is 0 Å². The summed E-state index contributed by atoms with van der Waals surface area (Å²) in [4.78, 5) is 25.2. The summed E-state index contributed by atoms with van der Waals surface area (Å²) in [5.41, 5.74) is 1.50. The predicted molar refractivity (Wildman–Crippen MR) is 107 cm³/mol. The average molecular weight is 382 g/mol. The van der Waals surface area contributed by atoms with E-state index < -0.39 is 4.92 Å². The van der Waals surface area contributed by atoms with E-state index in [0.717, 1.165) is 5.56 Å². The Morgan fingerprint density at radius 1 is 1.12 bits per heavy atom. The Labute approximate surface area is 160 Å². The second-order valence-corrected chi connectivity index (χ2v) is 7.13. The molecular formula is C19H14N2O3S2. The summed E-state index contributed by atoms with van der Waals surface area (Å²) >= 11 is 6.54. The fourth-order valence-corrected chi connectivity index (χ4v) is 3.66. The summed E-state index contributed by atoms with van der Waals surface area (Å²) in [6.07, 6.45) is 4.89. The van der Waals surface area contributed by atoms with Gasteiger partial charge in [-0.3, -0.25) is 19.8 Å². The Morgan fingerprint density at radius 2 is 1.81 bits per heavy atom. The quantitative estimate of drug-likeness (QED) is 0.328.